The monoisotopic (exact) mass is 164 g/mol. The zero-order chi connectivity index (χ0) is 9.30. The molecule has 0 aromatic heterocycles. The molecule has 0 heterocycles. The minimum atomic E-state index is -1.23. The molecule has 3 heteroatoms. The summed E-state index contributed by atoms with van der Waals surface area (Å²) in [6.07, 6.45) is 0. The smallest absolute Gasteiger partial charge is 0.0736 e. The number of carboxylic acids is 1. The van der Waals surface area contributed by atoms with Crippen LogP contribution in [0.3, 0.4) is 0 Å². The van der Waals surface area contributed by atoms with Gasteiger partial charge in [-0.2, -0.15) is 0 Å². The molecule has 1 aromatic carbocycles. The van der Waals surface area contributed by atoms with Gasteiger partial charge in [0.15, 0.2) is 0 Å². The maximum Gasteiger partial charge on any atom is 0.0736 e. The lowest BCUT2D eigenvalue weighted by Gasteiger charge is -2.10. The number of hydrogen-bond donors (Lipinski definition) is 1. The standard InChI is InChI=1S/C9H11NO2/c1-5-3-4-7(9(11)12)8(10)6(5)2/h3-4H,10H2,1-2H3,(H,11,12)/p-1. The average Bonchev–Trinajstić information content (AvgIpc) is 2.00. The first kappa shape index (κ1) is 8.59. The zero-order valence-electron chi connectivity index (χ0n) is 7.05. The minimum absolute atomic E-state index is 0.0677. The molecule has 0 fully saturated rings. The quantitative estimate of drug-likeness (QED) is 0.605. The first-order valence-electron chi connectivity index (χ1n) is 3.61. The van der Waals surface area contributed by atoms with E-state index in [0.717, 1.165) is 11.1 Å². The van der Waals surface area contributed by atoms with E-state index in [1.54, 1.807) is 13.0 Å². The first-order chi connectivity index (χ1) is 5.54. The number of aromatic carboxylic acids is 1. The van der Waals surface area contributed by atoms with Crippen molar-refractivity contribution in [3.63, 3.8) is 0 Å². The van der Waals surface area contributed by atoms with Crippen LogP contribution in [0.15, 0.2) is 12.1 Å². The molecule has 0 aliphatic rings. The Morgan fingerprint density at radius 1 is 1.42 bits per heavy atom. The Morgan fingerprint density at radius 3 is 2.50 bits per heavy atom. The lowest BCUT2D eigenvalue weighted by molar-refractivity contribution is -0.254. The van der Waals surface area contributed by atoms with E-state index in [9.17, 15) is 9.90 Å². The molecule has 0 aliphatic carbocycles. The predicted molar refractivity (Wildman–Crippen MR) is 44.7 cm³/mol. The Kier molecular flexibility index (Phi) is 2.04. The van der Waals surface area contributed by atoms with Gasteiger partial charge in [-0.1, -0.05) is 12.1 Å². The third kappa shape index (κ3) is 1.25. The second-order valence-corrected chi connectivity index (χ2v) is 2.76. The highest BCUT2D eigenvalue weighted by Crippen LogP contribution is 2.19. The second kappa shape index (κ2) is 2.85. The molecule has 0 atom stereocenters. The fourth-order valence-electron chi connectivity index (χ4n) is 1.02. The molecule has 1 aromatic rings. The highest BCUT2D eigenvalue weighted by Gasteiger charge is 2.04. The van der Waals surface area contributed by atoms with Crippen LogP contribution in [0.2, 0.25) is 0 Å². The van der Waals surface area contributed by atoms with Crippen LogP contribution in [-0.2, 0) is 0 Å². The molecule has 12 heavy (non-hydrogen) atoms. The maximum absolute atomic E-state index is 10.5. The summed E-state index contributed by atoms with van der Waals surface area (Å²) < 4.78 is 0. The number of carboxylic acid groups (broad SMARTS) is 1. The van der Waals surface area contributed by atoms with E-state index in [-0.39, 0.29) is 5.56 Å². The summed E-state index contributed by atoms with van der Waals surface area (Å²) in [5, 5.41) is 10.5. The Morgan fingerprint density at radius 2 is 2.00 bits per heavy atom. The number of aryl methyl sites for hydroxylation is 1. The van der Waals surface area contributed by atoms with Crippen LogP contribution in [-0.4, -0.2) is 5.97 Å². The van der Waals surface area contributed by atoms with Crippen molar-refractivity contribution in [2.24, 2.45) is 0 Å². The van der Waals surface area contributed by atoms with Crippen LogP contribution < -0.4 is 10.8 Å². The molecule has 2 N–H and O–H groups in total. The third-order valence-electron chi connectivity index (χ3n) is 2.01. The molecule has 0 unspecified atom stereocenters. The molecule has 0 saturated heterocycles. The van der Waals surface area contributed by atoms with Gasteiger partial charge in [0.05, 0.1) is 5.97 Å². The van der Waals surface area contributed by atoms with E-state index in [0.29, 0.717) is 5.69 Å². The molecular weight excluding hydrogens is 154 g/mol. The topological polar surface area (TPSA) is 66.1 Å². The number of rotatable bonds is 1. The van der Waals surface area contributed by atoms with E-state index in [1.165, 1.54) is 6.07 Å². The summed E-state index contributed by atoms with van der Waals surface area (Å²) in [4.78, 5) is 10.5. The lowest BCUT2D eigenvalue weighted by atomic mass is 10.0. The fourth-order valence-corrected chi connectivity index (χ4v) is 1.02. The number of carbonyl (C=O) groups is 1. The second-order valence-electron chi connectivity index (χ2n) is 2.76. The van der Waals surface area contributed by atoms with Crippen molar-refractivity contribution in [1.82, 2.24) is 0 Å². The van der Waals surface area contributed by atoms with Gasteiger partial charge >= 0.3 is 0 Å². The zero-order valence-corrected chi connectivity index (χ0v) is 7.05. The van der Waals surface area contributed by atoms with Gasteiger partial charge in [0.1, 0.15) is 0 Å². The Hall–Kier alpha value is -1.51. The summed E-state index contributed by atoms with van der Waals surface area (Å²) in [6.45, 7) is 3.67. The highest BCUT2D eigenvalue weighted by atomic mass is 16.4. The normalized spacial score (nSPS) is 9.83. The van der Waals surface area contributed by atoms with Gasteiger partial charge < -0.3 is 15.6 Å². The van der Waals surface area contributed by atoms with Gasteiger partial charge in [-0.3, -0.25) is 0 Å². The van der Waals surface area contributed by atoms with E-state index < -0.39 is 5.97 Å². The van der Waals surface area contributed by atoms with Crippen LogP contribution in [0, 0.1) is 13.8 Å². The number of anilines is 1. The van der Waals surface area contributed by atoms with Crippen molar-refractivity contribution in [3.8, 4) is 0 Å². The number of hydrogen-bond acceptors (Lipinski definition) is 3. The number of carbonyl (C=O) groups excluding carboxylic acids is 1. The molecule has 64 valence electrons. The molecular formula is C9H10NO2-. The molecule has 0 bridgehead atoms. The van der Waals surface area contributed by atoms with Gasteiger partial charge in [0.2, 0.25) is 0 Å². The van der Waals surface area contributed by atoms with Crippen molar-refractivity contribution in [1.29, 1.82) is 0 Å². The summed E-state index contributed by atoms with van der Waals surface area (Å²) in [7, 11) is 0. The molecule has 1 rings (SSSR count). The molecule has 0 aliphatic heterocycles. The Labute approximate surface area is 70.8 Å². The summed E-state index contributed by atoms with van der Waals surface area (Å²) in [6, 6.07) is 3.18. The van der Waals surface area contributed by atoms with E-state index >= 15 is 0 Å². The maximum atomic E-state index is 10.5. The van der Waals surface area contributed by atoms with Gasteiger partial charge in [-0.05, 0) is 25.0 Å². The van der Waals surface area contributed by atoms with Crippen LogP contribution in [0.5, 0.6) is 0 Å². The Bertz CT molecular complexity index is 332. The SMILES string of the molecule is Cc1ccc(C(=O)[O-])c(N)c1C. The highest BCUT2D eigenvalue weighted by molar-refractivity contribution is 5.93. The third-order valence-corrected chi connectivity index (χ3v) is 2.01. The van der Waals surface area contributed by atoms with E-state index in [4.69, 9.17) is 5.73 Å². The largest absolute Gasteiger partial charge is 0.545 e. The van der Waals surface area contributed by atoms with Gasteiger partial charge in [-0.15, -0.1) is 0 Å². The number of nitrogen functional groups attached to an aromatic ring is 1. The Balaban J connectivity index is 3.36. The summed E-state index contributed by atoms with van der Waals surface area (Å²) in [5.41, 5.74) is 7.72. The van der Waals surface area contributed by atoms with Crippen molar-refractivity contribution >= 4 is 11.7 Å². The fraction of sp³-hybridized carbons (Fsp3) is 0.222. The first-order valence-corrected chi connectivity index (χ1v) is 3.61. The lowest BCUT2D eigenvalue weighted by Crippen LogP contribution is -2.23. The van der Waals surface area contributed by atoms with Gasteiger partial charge in [0.25, 0.3) is 0 Å². The van der Waals surface area contributed by atoms with Crippen LogP contribution in [0.4, 0.5) is 5.69 Å². The van der Waals surface area contributed by atoms with Gasteiger partial charge in [0, 0.05) is 11.3 Å². The molecule has 0 saturated carbocycles. The van der Waals surface area contributed by atoms with Crippen LogP contribution >= 0.6 is 0 Å². The van der Waals surface area contributed by atoms with Crippen molar-refractivity contribution in [2.45, 2.75) is 13.8 Å². The van der Waals surface area contributed by atoms with Crippen molar-refractivity contribution < 1.29 is 9.90 Å². The predicted octanol–water partition coefficient (Wildman–Crippen LogP) is 0.249. The van der Waals surface area contributed by atoms with E-state index in [2.05, 4.69) is 0 Å². The average molecular weight is 164 g/mol. The summed E-state index contributed by atoms with van der Waals surface area (Å²) in [5.74, 6) is -1.23. The van der Waals surface area contributed by atoms with Crippen molar-refractivity contribution in [2.75, 3.05) is 5.73 Å². The van der Waals surface area contributed by atoms with Gasteiger partial charge in [-0.25, -0.2) is 0 Å². The molecule has 0 amide bonds. The summed E-state index contributed by atoms with van der Waals surface area (Å²) >= 11 is 0. The molecule has 0 radical (unpaired) electrons. The minimum Gasteiger partial charge on any atom is -0.545 e. The van der Waals surface area contributed by atoms with Crippen LogP contribution in [0.1, 0.15) is 21.5 Å². The molecule has 3 nitrogen and oxygen atoms in total. The molecule has 0 spiro atoms. The van der Waals surface area contributed by atoms with Crippen LogP contribution in [0.25, 0.3) is 0 Å². The number of benzene rings is 1. The number of nitrogens with two attached hydrogens (primary N) is 1. The van der Waals surface area contributed by atoms with E-state index in [1.807, 2.05) is 6.92 Å². The van der Waals surface area contributed by atoms with Crippen molar-refractivity contribution in [3.05, 3.63) is 28.8 Å².